The van der Waals surface area contributed by atoms with Crippen molar-refractivity contribution >= 4 is 11.9 Å². The summed E-state index contributed by atoms with van der Waals surface area (Å²) in [7, 11) is 0. The summed E-state index contributed by atoms with van der Waals surface area (Å²) in [6.07, 6.45) is 5.92. The molecule has 1 saturated heterocycles. The highest BCUT2D eigenvalue weighted by Crippen LogP contribution is 2.44. The maximum atomic E-state index is 11.9. The molecule has 0 aromatic carbocycles. The molecule has 5 heteroatoms. The molecule has 1 amide bonds. The molecule has 5 nitrogen and oxygen atoms in total. The lowest BCUT2D eigenvalue weighted by molar-refractivity contribution is -0.150. The summed E-state index contributed by atoms with van der Waals surface area (Å²) >= 11 is 0. The molecular formula is C12H19NO4. The number of carbonyl (C=O) groups excluding carboxylic acids is 1. The van der Waals surface area contributed by atoms with Crippen LogP contribution in [0.4, 0.5) is 0 Å². The average molecular weight is 241 g/mol. The normalized spacial score (nSPS) is 25.2. The summed E-state index contributed by atoms with van der Waals surface area (Å²) in [6, 6.07) is -1.07. The van der Waals surface area contributed by atoms with E-state index in [0.29, 0.717) is 13.0 Å². The van der Waals surface area contributed by atoms with Crippen LogP contribution in [-0.4, -0.2) is 46.2 Å². The Labute approximate surface area is 100 Å². The second-order valence-electron chi connectivity index (χ2n) is 5.30. The fourth-order valence-corrected chi connectivity index (χ4v) is 3.16. The molecule has 1 saturated carbocycles. The number of nitrogens with zero attached hydrogens (tertiary/aromatic N) is 1. The average Bonchev–Trinajstić information content (AvgIpc) is 2.57. The highest BCUT2D eigenvalue weighted by atomic mass is 16.4. The van der Waals surface area contributed by atoms with Gasteiger partial charge in [0.1, 0.15) is 0 Å². The molecule has 0 aromatic heterocycles. The van der Waals surface area contributed by atoms with E-state index in [9.17, 15) is 9.59 Å². The fraction of sp³-hybridized carbons (Fsp3) is 0.833. The second kappa shape index (κ2) is 4.64. The van der Waals surface area contributed by atoms with Crippen LogP contribution in [0, 0.1) is 5.41 Å². The number of likely N-dealkylation sites (tertiary alicyclic amines) is 1. The molecule has 1 spiro atoms. The van der Waals surface area contributed by atoms with Crippen LogP contribution in [0.15, 0.2) is 0 Å². The first-order valence-electron chi connectivity index (χ1n) is 6.21. The number of aliphatic hydroxyl groups is 1. The van der Waals surface area contributed by atoms with Gasteiger partial charge in [0, 0.05) is 13.0 Å². The highest BCUT2D eigenvalue weighted by Gasteiger charge is 2.46. The van der Waals surface area contributed by atoms with Gasteiger partial charge < -0.3 is 15.1 Å². The van der Waals surface area contributed by atoms with Crippen LogP contribution in [0.3, 0.4) is 0 Å². The molecule has 1 atom stereocenters. The molecule has 96 valence electrons. The molecule has 0 bridgehead atoms. The van der Waals surface area contributed by atoms with Crippen molar-refractivity contribution in [2.75, 3.05) is 13.2 Å². The van der Waals surface area contributed by atoms with Gasteiger partial charge in [0.05, 0.1) is 6.61 Å². The quantitative estimate of drug-likeness (QED) is 0.759. The molecule has 1 heterocycles. The first kappa shape index (κ1) is 12.4. The summed E-state index contributed by atoms with van der Waals surface area (Å²) in [5.41, 5.74) is -0.0157. The van der Waals surface area contributed by atoms with Crippen LogP contribution in [0.2, 0.25) is 0 Å². The Morgan fingerprint density at radius 1 is 1.35 bits per heavy atom. The van der Waals surface area contributed by atoms with E-state index in [4.69, 9.17) is 10.2 Å². The maximum absolute atomic E-state index is 11.9. The minimum Gasteiger partial charge on any atom is -0.480 e. The Morgan fingerprint density at radius 2 is 2.00 bits per heavy atom. The Kier molecular flexibility index (Phi) is 3.38. The molecule has 2 N–H and O–H groups in total. The van der Waals surface area contributed by atoms with Crippen molar-refractivity contribution in [1.29, 1.82) is 0 Å². The third kappa shape index (κ3) is 2.29. The molecular weight excluding hydrogens is 222 g/mol. The SMILES string of the molecule is O=C(O)C(CO)N1CC2(CCCCC2)CC1=O. The van der Waals surface area contributed by atoms with Crippen molar-refractivity contribution in [3.05, 3.63) is 0 Å². The molecule has 0 aromatic rings. The van der Waals surface area contributed by atoms with Gasteiger partial charge in [-0.25, -0.2) is 4.79 Å². The standard InChI is InChI=1S/C12H19NO4/c14-7-9(11(16)17)13-8-12(6-10(13)15)4-2-1-3-5-12/h9,14H,1-8H2,(H,16,17). The van der Waals surface area contributed by atoms with Gasteiger partial charge in [-0.2, -0.15) is 0 Å². The molecule has 1 unspecified atom stereocenters. The number of amides is 1. The number of aliphatic carboxylic acids is 1. The van der Waals surface area contributed by atoms with Gasteiger partial charge in [0.2, 0.25) is 5.91 Å². The van der Waals surface area contributed by atoms with Crippen LogP contribution in [0.25, 0.3) is 0 Å². The van der Waals surface area contributed by atoms with E-state index in [0.717, 1.165) is 25.7 Å². The van der Waals surface area contributed by atoms with Crippen molar-refractivity contribution in [3.63, 3.8) is 0 Å². The van der Waals surface area contributed by atoms with Gasteiger partial charge in [-0.1, -0.05) is 19.3 Å². The Hall–Kier alpha value is -1.10. The Morgan fingerprint density at radius 3 is 2.53 bits per heavy atom. The Bertz CT molecular complexity index is 322. The number of aliphatic hydroxyl groups excluding tert-OH is 1. The minimum atomic E-state index is -1.12. The van der Waals surface area contributed by atoms with Gasteiger partial charge >= 0.3 is 5.97 Å². The zero-order chi connectivity index (χ0) is 12.5. The van der Waals surface area contributed by atoms with Gasteiger partial charge in [-0.3, -0.25) is 4.79 Å². The van der Waals surface area contributed by atoms with Crippen molar-refractivity contribution in [2.24, 2.45) is 5.41 Å². The van der Waals surface area contributed by atoms with Crippen LogP contribution in [0.5, 0.6) is 0 Å². The van der Waals surface area contributed by atoms with Crippen LogP contribution in [0.1, 0.15) is 38.5 Å². The van der Waals surface area contributed by atoms with Crippen molar-refractivity contribution in [2.45, 2.75) is 44.6 Å². The van der Waals surface area contributed by atoms with Crippen molar-refractivity contribution < 1.29 is 19.8 Å². The molecule has 0 radical (unpaired) electrons. The molecule has 1 aliphatic carbocycles. The summed E-state index contributed by atoms with van der Waals surface area (Å²) in [5.74, 6) is -1.23. The first-order valence-corrected chi connectivity index (χ1v) is 6.21. The monoisotopic (exact) mass is 241 g/mol. The zero-order valence-electron chi connectivity index (χ0n) is 9.89. The largest absolute Gasteiger partial charge is 0.480 e. The highest BCUT2D eigenvalue weighted by molar-refractivity contribution is 5.85. The summed E-state index contributed by atoms with van der Waals surface area (Å²) in [5, 5.41) is 18.1. The predicted octanol–water partition coefficient (Wildman–Crippen LogP) is 0.615. The van der Waals surface area contributed by atoms with Crippen molar-refractivity contribution in [3.8, 4) is 0 Å². The number of carboxylic acids is 1. The topological polar surface area (TPSA) is 77.8 Å². The van der Waals surface area contributed by atoms with Gasteiger partial charge in [-0.05, 0) is 18.3 Å². The van der Waals surface area contributed by atoms with E-state index in [1.807, 2.05) is 0 Å². The number of hydrogen-bond donors (Lipinski definition) is 2. The van der Waals surface area contributed by atoms with Gasteiger partial charge in [-0.15, -0.1) is 0 Å². The van der Waals surface area contributed by atoms with Gasteiger partial charge in [0.15, 0.2) is 6.04 Å². The maximum Gasteiger partial charge on any atom is 0.328 e. The molecule has 2 rings (SSSR count). The van der Waals surface area contributed by atoms with Gasteiger partial charge in [0.25, 0.3) is 0 Å². The van der Waals surface area contributed by atoms with E-state index >= 15 is 0 Å². The lowest BCUT2D eigenvalue weighted by Crippen LogP contribution is -2.45. The molecule has 2 fully saturated rings. The van der Waals surface area contributed by atoms with E-state index in [-0.39, 0.29) is 11.3 Å². The molecule has 17 heavy (non-hydrogen) atoms. The van der Waals surface area contributed by atoms with Crippen LogP contribution >= 0.6 is 0 Å². The smallest absolute Gasteiger partial charge is 0.328 e. The lowest BCUT2D eigenvalue weighted by Gasteiger charge is -2.33. The van der Waals surface area contributed by atoms with E-state index in [1.54, 1.807) is 0 Å². The number of carboxylic acid groups (broad SMARTS) is 1. The third-order valence-corrected chi connectivity index (χ3v) is 4.10. The minimum absolute atomic E-state index is 0.0157. The lowest BCUT2D eigenvalue weighted by atomic mass is 9.73. The van der Waals surface area contributed by atoms with E-state index < -0.39 is 18.6 Å². The summed E-state index contributed by atoms with van der Waals surface area (Å²) < 4.78 is 0. The summed E-state index contributed by atoms with van der Waals surface area (Å²) in [4.78, 5) is 24.2. The third-order valence-electron chi connectivity index (χ3n) is 4.10. The fourth-order valence-electron chi connectivity index (χ4n) is 3.16. The second-order valence-corrected chi connectivity index (χ2v) is 5.30. The predicted molar refractivity (Wildman–Crippen MR) is 60.4 cm³/mol. The summed E-state index contributed by atoms with van der Waals surface area (Å²) in [6.45, 7) is 0.000509. The number of carbonyl (C=O) groups is 2. The first-order chi connectivity index (χ1) is 8.08. The zero-order valence-corrected chi connectivity index (χ0v) is 9.89. The molecule has 1 aliphatic heterocycles. The number of hydrogen-bond acceptors (Lipinski definition) is 3. The Balaban J connectivity index is 2.11. The van der Waals surface area contributed by atoms with E-state index in [1.165, 1.54) is 11.3 Å². The van der Waals surface area contributed by atoms with Crippen LogP contribution < -0.4 is 0 Å². The molecule has 2 aliphatic rings. The van der Waals surface area contributed by atoms with Crippen molar-refractivity contribution in [1.82, 2.24) is 4.90 Å². The van der Waals surface area contributed by atoms with E-state index in [2.05, 4.69) is 0 Å². The van der Waals surface area contributed by atoms with Crippen LogP contribution in [-0.2, 0) is 9.59 Å². The number of rotatable bonds is 3.